The van der Waals surface area contributed by atoms with Crippen LogP contribution in [0.5, 0.6) is 0 Å². The first-order chi connectivity index (χ1) is 8.36. The van der Waals surface area contributed by atoms with Crippen molar-refractivity contribution in [1.29, 1.82) is 0 Å². The molecule has 6 N–H and O–H groups in total. The maximum atomic E-state index is 10.5. The second kappa shape index (κ2) is 6.79. The highest BCUT2D eigenvalue weighted by Crippen LogP contribution is 2.46. The molecule has 2 unspecified atom stereocenters. The molecule has 0 fully saturated rings. The number of aliphatic hydroxyl groups excluding tert-OH is 4. The van der Waals surface area contributed by atoms with Gasteiger partial charge in [-0.25, -0.2) is 0 Å². The first kappa shape index (κ1) is 17.8. The molecule has 0 aromatic heterocycles. The predicted octanol–water partition coefficient (Wildman–Crippen LogP) is -1.39. The van der Waals surface area contributed by atoms with Crippen molar-refractivity contribution < 1.29 is 30.6 Å². The lowest BCUT2D eigenvalue weighted by molar-refractivity contribution is -0.252. The minimum Gasteiger partial charge on any atom is -0.396 e. The van der Waals surface area contributed by atoms with Crippen LogP contribution in [0.4, 0.5) is 0 Å². The van der Waals surface area contributed by atoms with Crippen LogP contribution < -0.4 is 0 Å². The molecule has 6 nitrogen and oxygen atoms in total. The third kappa shape index (κ3) is 2.54. The van der Waals surface area contributed by atoms with E-state index in [0.717, 1.165) is 0 Å². The highest BCUT2D eigenvalue weighted by molar-refractivity contribution is 5.09. The highest BCUT2D eigenvalue weighted by atomic mass is 16.4. The van der Waals surface area contributed by atoms with E-state index in [4.69, 9.17) is 0 Å². The monoisotopic (exact) mass is 266 g/mol. The smallest absolute Gasteiger partial charge is 0.121 e. The van der Waals surface area contributed by atoms with Crippen molar-refractivity contribution in [2.24, 2.45) is 5.41 Å². The molecule has 0 aliphatic heterocycles. The topological polar surface area (TPSA) is 121 Å². The Morgan fingerprint density at radius 3 is 1.39 bits per heavy atom. The summed E-state index contributed by atoms with van der Waals surface area (Å²) in [6.07, 6.45) is 0.754. The van der Waals surface area contributed by atoms with E-state index in [1.54, 1.807) is 13.8 Å². The fraction of sp³-hybridized carbons (Fsp3) is 1.00. The highest BCUT2D eigenvalue weighted by Gasteiger charge is 2.60. The molecule has 6 heteroatoms. The Morgan fingerprint density at radius 2 is 1.17 bits per heavy atom. The van der Waals surface area contributed by atoms with Crippen molar-refractivity contribution in [1.82, 2.24) is 0 Å². The van der Waals surface area contributed by atoms with Gasteiger partial charge in [0.15, 0.2) is 0 Å². The van der Waals surface area contributed by atoms with Crippen LogP contribution in [0.25, 0.3) is 0 Å². The Labute approximate surface area is 108 Å². The van der Waals surface area contributed by atoms with Gasteiger partial charge < -0.3 is 30.6 Å². The van der Waals surface area contributed by atoms with Gasteiger partial charge in [-0.3, -0.25) is 0 Å². The summed E-state index contributed by atoms with van der Waals surface area (Å²) in [5.74, 6) is 0. The Bertz CT molecular complexity index is 237. The van der Waals surface area contributed by atoms with Crippen molar-refractivity contribution in [2.45, 2.75) is 44.3 Å². The SMILES string of the molecule is CCCC(O)(CO)C(CC)(CO)C(O)(CO)CO. The van der Waals surface area contributed by atoms with Gasteiger partial charge in [-0.1, -0.05) is 20.3 Å². The first-order valence-electron chi connectivity index (χ1n) is 6.25. The van der Waals surface area contributed by atoms with Crippen LogP contribution in [0.1, 0.15) is 33.1 Å². The number of hydrogen-bond donors (Lipinski definition) is 6. The minimum absolute atomic E-state index is 0.0954. The van der Waals surface area contributed by atoms with Gasteiger partial charge in [-0.05, 0) is 12.8 Å². The molecule has 0 saturated heterocycles. The molecule has 0 aliphatic carbocycles. The molecule has 18 heavy (non-hydrogen) atoms. The molecule has 0 radical (unpaired) electrons. The molecule has 0 heterocycles. The zero-order valence-corrected chi connectivity index (χ0v) is 11.1. The van der Waals surface area contributed by atoms with Crippen molar-refractivity contribution in [3.63, 3.8) is 0 Å². The number of aliphatic hydroxyl groups is 6. The Kier molecular flexibility index (Phi) is 6.70. The summed E-state index contributed by atoms with van der Waals surface area (Å²) >= 11 is 0. The maximum Gasteiger partial charge on any atom is 0.121 e. The minimum atomic E-state index is -2.07. The van der Waals surface area contributed by atoms with E-state index in [1.165, 1.54) is 0 Å². The molecule has 0 spiro atoms. The van der Waals surface area contributed by atoms with Crippen LogP contribution in [0.3, 0.4) is 0 Å². The molecular weight excluding hydrogens is 240 g/mol. The fourth-order valence-corrected chi connectivity index (χ4v) is 2.73. The molecule has 0 saturated carbocycles. The lowest BCUT2D eigenvalue weighted by Gasteiger charge is -2.53. The molecule has 110 valence electrons. The van der Waals surface area contributed by atoms with E-state index in [1.807, 2.05) is 0 Å². The van der Waals surface area contributed by atoms with E-state index in [9.17, 15) is 30.6 Å². The van der Waals surface area contributed by atoms with Gasteiger partial charge in [-0.15, -0.1) is 0 Å². The molecule has 0 bridgehead atoms. The van der Waals surface area contributed by atoms with Crippen molar-refractivity contribution >= 4 is 0 Å². The third-order valence-electron chi connectivity index (χ3n) is 4.10. The summed E-state index contributed by atoms with van der Waals surface area (Å²) in [4.78, 5) is 0. The predicted molar refractivity (Wildman–Crippen MR) is 65.9 cm³/mol. The maximum absolute atomic E-state index is 10.5. The summed E-state index contributed by atoms with van der Waals surface area (Å²) in [7, 11) is 0. The van der Waals surface area contributed by atoms with Gasteiger partial charge in [0.2, 0.25) is 0 Å². The van der Waals surface area contributed by atoms with Crippen LogP contribution in [0.15, 0.2) is 0 Å². The van der Waals surface area contributed by atoms with Crippen LogP contribution in [-0.4, -0.2) is 68.3 Å². The standard InChI is InChI=1S/C12H26O6/c1-3-5-11(17,7-14)10(4-2,6-13)12(18,8-15)9-16/h13-18H,3-9H2,1-2H3. The molecule has 0 aliphatic rings. The number of hydrogen-bond acceptors (Lipinski definition) is 6. The van der Waals surface area contributed by atoms with Crippen LogP contribution in [-0.2, 0) is 0 Å². The molecule has 0 aromatic rings. The normalized spacial score (nSPS) is 19.3. The van der Waals surface area contributed by atoms with Gasteiger partial charge in [0, 0.05) is 0 Å². The zero-order valence-electron chi connectivity index (χ0n) is 11.1. The van der Waals surface area contributed by atoms with E-state index < -0.39 is 43.0 Å². The molecule has 0 rings (SSSR count). The average molecular weight is 266 g/mol. The Hall–Kier alpha value is -0.240. The molecule has 0 amide bonds. The molecule has 2 atom stereocenters. The summed E-state index contributed by atoms with van der Waals surface area (Å²) in [6.45, 7) is 0.446. The number of rotatable bonds is 9. The Morgan fingerprint density at radius 1 is 0.722 bits per heavy atom. The van der Waals surface area contributed by atoms with E-state index in [-0.39, 0.29) is 12.8 Å². The van der Waals surface area contributed by atoms with Crippen LogP contribution >= 0.6 is 0 Å². The summed E-state index contributed by atoms with van der Waals surface area (Å²) in [5, 5.41) is 58.5. The lowest BCUT2D eigenvalue weighted by atomic mass is 9.59. The second-order valence-electron chi connectivity index (χ2n) is 4.88. The molecular formula is C12H26O6. The van der Waals surface area contributed by atoms with E-state index in [2.05, 4.69) is 0 Å². The zero-order chi connectivity index (χ0) is 14.4. The first-order valence-corrected chi connectivity index (χ1v) is 6.25. The average Bonchev–Trinajstić information content (AvgIpc) is 2.40. The van der Waals surface area contributed by atoms with Crippen molar-refractivity contribution in [3.8, 4) is 0 Å². The lowest BCUT2D eigenvalue weighted by Crippen LogP contribution is -2.68. The van der Waals surface area contributed by atoms with Crippen LogP contribution in [0, 0.1) is 5.41 Å². The van der Waals surface area contributed by atoms with Crippen molar-refractivity contribution in [3.05, 3.63) is 0 Å². The second-order valence-corrected chi connectivity index (χ2v) is 4.88. The van der Waals surface area contributed by atoms with Gasteiger partial charge in [0.05, 0.1) is 37.4 Å². The quantitative estimate of drug-likeness (QED) is 0.306. The van der Waals surface area contributed by atoms with E-state index in [0.29, 0.717) is 6.42 Å². The van der Waals surface area contributed by atoms with Crippen LogP contribution in [0.2, 0.25) is 0 Å². The fourth-order valence-electron chi connectivity index (χ4n) is 2.73. The summed E-state index contributed by atoms with van der Waals surface area (Å²) in [5.41, 5.74) is -5.43. The largest absolute Gasteiger partial charge is 0.396 e. The van der Waals surface area contributed by atoms with Crippen molar-refractivity contribution in [2.75, 3.05) is 26.4 Å². The van der Waals surface area contributed by atoms with Gasteiger partial charge in [-0.2, -0.15) is 0 Å². The van der Waals surface area contributed by atoms with Gasteiger partial charge in [0.1, 0.15) is 5.60 Å². The summed E-state index contributed by atoms with van der Waals surface area (Å²) in [6, 6.07) is 0. The summed E-state index contributed by atoms with van der Waals surface area (Å²) < 4.78 is 0. The molecule has 0 aromatic carbocycles. The third-order valence-corrected chi connectivity index (χ3v) is 4.10. The van der Waals surface area contributed by atoms with Gasteiger partial charge >= 0.3 is 0 Å². The van der Waals surface area contributed by atoms with Gasteiger partial charge in [0.25, 0.3) is 0 Å². The van der Waals surface area contributed by atoms with E-state index >= 15 is 0 Å². The Balaban J connectivity index is 5.75.